The van der Waals surface area contributed by atoms with Gasteiger partial charge in [0.15, 0.2) is 0 Å². The molecule has 3 rings (SSSR count). The molecule has 3 amide bonds. The summed E-state index contributed by atoms with van der Waals surface area (Å²) in [6.07, 6.45) is 3.40. The van der Waals surface area contributed by atoms with Gasteiger partial charge in [0.2, 0.25) is 5.88 Å². The molecule has 0 unspecified atom stereocenters. The van der Waals surface area contributed by atoms with Crippen molar-refractivity contribution in [3.8, 4) is 5.88 Å². The summed E-state index contributed by atoms with van der Waals surface area (Å²) in [4.78, 5) is 26.2. The minimum absolute atomic E-state index is 0.140. The predicted octanol–water partition coefficient (Wildman–Crippen LogP) is 2.94. The van der Waals surface area contributed by atoms with E-state index in [4.69, 9.17) is 4.74 Å². The van der Waals surface area contributed by atoms with Gasteiger partial charge in [-0.15, -0.1) is 0 Å². The highest BCUT2D eigenvalue weighted by Gasteiger charge is 2.16. The number of benzene rings is 1. The topological polar surface area (TPSA) is 95.6 Å². The number of amides is 3. The van der Waals surface area contributed by atoms with Gasteiger partial charge >= 0.3 is 6.03 Å². The van der Waals surface area contributed by atoms with Gasteiger partial charge in [-0.3, -0.25) is 10.1 Å². The highest BCUT2D eigenvalue weighted by Crippen LogP contribution is 2.23. The van der Waals surface area contributed by atoms with Crippen molar-refractivity contribution in [3.05, 3.63) is 41.5 Å². The second kappa shape index (κ2) is 10.9. The van der Waals surface area contributed by atoms with Crippen LogP contribution in [0.15, 0.2) is 30.3 Å². The zero-order valence-electron chi connectivity index (χ0n) is 17.4. The second-order valence-corrected chi connectivity index (χ2v) is 8.32. The molecule has 2 aromatic rings. The Bertz CT molecular complexity index is 849. The third kappa shape index (κ3) is 6.70. The third-order valence-corrected chi connectivity index (χ3v) is 5.89. The molecule has 3 N–H and O–H groups in total. The predicted molar refractivity (Wildman–Crippen MR) is 118 cm³/mol. The van der Waals surface area contributed by atoms with E-state index >= 15 is 0 Å². The van der Waals surface area contributed by atoms with Crippen LogP contribution >= 0.6 is 11.5 Å². The van der Waals surface area contributed by atoms with E-state index in [2.05, 4.69) is 32.3 Å². The lowest BCUT2D eigenvalue weighted by Crippen LogP contribution is -2.34. The maximum Gasteiger partial charge on any atom is 0.319 e. The summed E-state index contributed by atoms with van der Waals surface area (Å²) in [6, 6.07) is 8.70. The van der Waals surface area contributed by atoms with Crippen molar-refractivity contribution < 1.29 is 14.3 Å². The highest BCUT2D eigenvalue weighted by atomic mass is 32.1. The number of rotatable bonds is 8. The number of ether oxygens (including phenoxy) is 1. The molecule has 1 saturated heterocycles. The lowest BCUT2D eigenvalue weighted by atomic mass is 9.94. The van der Waals surface area contributed by atoms with Gasteiger partial charge in [0.1, 0.15) is 11.6 Å². The molecule has 0 aliphatic carbocycles. The molecule has 30 heavy (non-hydrogen) atoms. The van der Waals surface area contributed by atoms with Gasteiger partial charge in [-0.1, -0.05) is 12.1 Å². The molecule has 0 saturated carbocycles. The van der Waals surface area contributed by atoms with Crippen LogP contribution in [-0.4, -0.2) is 54.9 Å². The van der Waals surface area contributed by atoms with Crippen LogP contribution in [0, 0.1) is 5.92 Å². The molecular formula is C21H29N5O3S. The zero-order valence-corrected chi connectivity index (χ0v) is 18.3. The first-order valence-corrected chi connectivity index (χ1v) is 10.9. The standard InChI is InChI=1S/C21H29N5O3S/c1-22-20(27)17-5-3-4-16(12-17)14-29-18-13-19(30-25-18)24-21(28)23-9-6-15-7-10-26(2)11-8-15/h3-5,12-13,15H,6-11,14H2,1-2H3,(H,22,27)(H2,23,24,28). The Kier molecular flexibility index (Phi) is 8.04. The van der Waals surface area contributed by atoms with Crippen molar-refractivity contribution in [1.29, 1.82) is 0 Å². The van der Waals surface area contributed by atoms with Gasteiger partial charge < -0.3 is 20.3 Å². The van der Waals surface area contributed by atoms with Crippen LogP contribution in [0.25, 0.3) is 0 Å². The monoisotopic (exact) mass is 431 g/mol. The molecule has 0 radical (unpaired) electrons. The number of carbonyl (C=O) groups excluding carboxylic acids is 2. The fraction of sp³-hybridized carbons (Fsp3) is 0.476. The average Bonchev–Trinajstić information content (AvgIpc) is 3.20. The van der Waals surface area contributed by atoms with E-state index < -0.39 is 0 Å². The Morgan fingerprint density at radius 3 is 2.83 bits per heavy atom. The van der Waals surface area contributed by atoms with Crippen molar-refractivity contribution in [2.45, 2.75) is 25.9 Å². The molecule has 1 aliphatic rings. The Labute approximate surface area is 181 Å². The Balaban J connectivity index is 1.39. The quantitative estimate of drug-likeness (QED) is 0.597. The highest BCUT2D eigenvalue weighted by molar-refractivity contribution is 7.10. The van der Waals surface area contributed by atoms with Gasteiger partial charge in [-0.2, -0.15) is 4.37 Å². The fourth-order valence-electron chi connectivity index (χ4n) is 3.39. The molecule has 1 aromatic carbocycles. The van der Waals surface area contributed by atoms with Gasteiger partial charge in [0.25, 0.3) is 5.91 Å². The zero-order chi connectivity index (χ0) is 21.3. The van der Waals surface area contributed by atoms with Gasteiger partial charge in [-0.25, -0.2) is 4.79 Å². The van der Waals surface area contributed by atoms with E-state index in [9.17, 15) is 9.59 Å². The normalized spacial score (nSPS) is 14.9. The number of nitrogens with one attached hydrogen (secondary N) is 3. The Hall–Kier alpha value is -2.65. The summed E-state index contributed by atoms with van der Waals surface area (Å²) in [6.45, 7) is 3.23. The maximum absolute atomic E-state index is 12.1. The number of anilines is 1. The van der Waals surface area contributed by atoms with Crippen LogP contribution in [0.1, 0.15) is 35.2 Å². The summed E-state index contributed by atoms with van der Waals surface area (Å²) in [7, 11) is 3.75. The van der Waals surface area contributed by atoms with Crippen LogP contribution in [0.5, 0.6) is 5.88 Å². The minimum atomic E-state index is -0.226. The van der Waals surface area contributed by atoms with Crippen molar-refractivity contribution in [2.24, 2.45) is 5.92 Å². The van der Waals surface area contributed by atoms with E-state index in [1.54, 1.807) is 25.2 Å². The van der Waals surface area contributed by atoms with Crippen molar-refractivity contribution >= 4 is 28.5 Å². The smallest absolute Gasteiger partial charge is 0.319 e. The van der Waals surface area contributed by atoms with Crippen LogP contribution < -0.4 is 20.7 Å². The molecular weight excluding hydrogens is 402 g/mol. The molecule has 1 aliphatic heterocycles. The van der Waals surface area contributed by atoms with Crippen LogP contribution in [0.3, 0.4) is 0 Å². The van der Waals surface area contributed by atoms with Crippen molar-refractivity contribution in [3.63, 3.8) is 0 Å². The van der Waals surface area contributed by atoms with Crippen LogP contribution in [-0.2, 0) is 6.61 Å². The summed E-state index contributed by atoms with van der Waals surface area (Å²) in [5.74, 6) is 0.984. The molecule has 1 fully saturated rings. The van der Waals surface area contributed by atoms with Crippen LogP contribution in [0.4, 0.5) is 9.80 Å². The molecule has 162 valence electrons. The molecule has 2 heterocycles. The van der Waals surface area contributed by atoms with Gasteiger partial charge in [0.05, 0.1) is 0 Å². The summed E-state index contributed by atoms with van der Waals surface area (Å²) in [5.41, 5.74) is 1.45. The number of piperidine rings is 1. The number of hydrogen-bond acceptors (Lipinski definition) is 6. The van der Waals surface area contributed by atoms with Crippen molar-refractivity contribution in [2.75, 3.05) is 39.0 Å². The number of likely N-dealkylation sites (tertiary alicyclic amines) is 1. The molecule has 8 nitrogen and oxygen atoms in total. The molecule has 0 bridgehead atoms. The van der Waals surface area contributed by atoms with E-state index in [-0.39, 0.29) is 18.5 Å². The molecule has 0 atom stereocenters. The van der Waals surface area contributed by atoms with E-state index in [1.165, 1.54) is 24.4 Å². The maximum atomic E-state index is 12.1. The van der Waals surface area contributed by atoms with Gasteiger partial charge in [-0.05, 0) is 74.5 Å². The van der Waals surface area contributed by atoms with E-state index in [0.29, 0.717) is 28.9 Å². The van der Waals surface area contributed by atoms with E-state index in [1.807, 2.05) is 12.1 Å². The number of hydrogen-bond donors (Lipinski definition) is 3. The first-order chi connectivity index (χ1) is 14.5. The lowest BCUT2D eigenvalue weighted by molar-refractivity contribution is 0.0963. The third-order valence-electron chi connectivity index (χ3n) is 5.20. The Morgan fingerprint density at radius 2 is 2.07 bits per heavy atom. The summed E-state index contributed by atoms with van der Waals surface area (Å²) >= 11 is 1.17. The fourth-order valence-corrected chi connectivity index (χ4v) is 3.97. The number of carbonyl (C=O) groups is 2. The molecule has 1 aromatic heterocycles. The SMILES string of the molecule is CNC(=O)c1cccc(COc2cc(NC(=O)NCCC3CCN(C)CC3)sn2)c1. The molecule has 0 spiro atoms. The molecule has 9 heteroatoms. The number of urea groups is 1. The van der Waals surface area contributed by atoms with Crippen molar-refractivity contribution in [1.82, 2.24) is 19.9 Å². The first-order valence-electron chi connectivity index (χ1n) is 10.2. The minimum Gasteiger partial charge on any atom is -0.472 e. The number of aromatic nitrogens is 1. The average molecular weight is 432 g/mol. The summed E-state index contributed by atoms with van der Waals surface area (Å²) < 4.78 is 9.90. The summed E-state index contributed by atoms with van der Waals surface area (Å²) in [5, 5.41) is 8.94. The first kappa shape index (κ1) is 22.0. The second-order valence-electron chi connectivity index (χ2n) is 7.51. The van der Waals surface area contributed by atoms with E-state index in [0.717, 1.165) is 25.1 Å². The lowest BCUT2D eigenvalue weighted by Gasteiger charge is -2.28. The Morgan fingerprint density at radius 1 is 1.27 bits per heavy atom. The van der Waals surface area contributed by atoms with Gasteiger partial charge in [0, 0.05) is 25.2 Å². The van der Waals surface area contributed by atoms with Crippen LogP contribution in [0.2, 0.25) is 0 Å². The number of nitrogens with zero attached hydrogens (tertiary/aromatic N) is 2. The largest absolute Gasteiger partial charge is 0.472 e.